The van der Waals surface area contributed by atoms with Gasteiger partial charge in [-0.25, -0.2) is 4.98 Å². The molecular formula is C7H12N2Si. The van der Waals surface area contributed by atoms with Crippen molar-refractivity contribution in [3.63, 3.8) is 0 Å². The number of nitrogen functional groups attached to an aromatic ring is 1. The van der Waals surface area contributed by atoms with Gasteiger partial charge in [-0.15, -0.1) is 0 Å². The van der Waals surface area contributed by atoms with Crippen LogP contribution in [-0.4, -0.2) is 13.8 Å². The van der Waals surface area contributed by atoms with E-state index in [0.29, 0.717) is 5.82 Å². The molecule has 0 amide bonds. The van der Waals surface area contributed by atoms with Crippen LogP contribution >= 0.6 is 0 Å². The Morgan fingerprint density at radius 3 is 2.60 bits per heavy atom. The van der Waals surface area contributed by atoms with E-state index < -0.39 is 8.80 Å². The standard InChI is InChI=1S/C7H12N2Si/c1-10(2)6-4-3-5-9-7(6)8/h3-5,10H,1-2H3,(H2,8,9). The van der Waals surface area contributed by atoms with E-state index in [-0.39, 0.29) is 0 Å². The van der Waals surface area contributed by atoms with Gasteiger partial charge in [0.1, 0.15) is 5.82 Å². The van der Waals surface area contributed by atoms with Gasteiger partial charge in [-0.2, -0.15) is 0 Å². The molecule has 54 valence electrons. The Morgan fingerprint density at radius 1 is 1.50 bits per heavy atom. The second kappa shape index (κ2) is 2.83. The van der Waals surface area contributed by atoms with Gasteiger partial charge >= 0.3 is 0 Å². The third-order valence-electron chi connectivity index (χ3n) is 1.49. The summed E-state index contributed by atoms with van der Waals surface area (Å²) >= 11 is 0. The maximum absolute atomic E-state index is 5.65. The molecule has 0 aliphatic heterocycles. The number of hydrogen-bond acceptors (Lipinski definition) is 2. The first-order chi connectivity index (χ1) is 4.72. The Morgan fingerprint density at radius 2 is 2.20 bits per heavy atom. The van der Waals surface area contributed by atoms with E-state index in [1.165, 1.54) is 5.19 Å². The fraction of sp³-hybridized carbons (Fsp3) is 0.286. The first kappa shape index (κ1) is 7.28. The molecule has 0 saturated heterocycles. The molecule has 0 fully saturated rings. The van der Waals surface area contributed by atoms with Gasteiger partial charge in [-0.3, -0.25) is 0 Å². The molecule has 0 aromatic carbocycles. The first-order valence-electron chi connectivity index (χ1n) is 3.42. The number of anilines is 1. The van der Waals surface area contributed by atoms with E-state index in [9.17, 15) is 0 Å². The Balaban J connectivity index is 3.03. The van der Waals surface area contributed by atoms with E-state index in [2.05, 4.69) is 24.1 Å². The Kier molecular flexibility index (Phi) is 2.06. The van der Waals surface area contributed by atoms with Gasteiger partial charge in [0.2, 0.25) is 0 Å². The lowest BCUT2D eigenvalue weighted by atomic mass is 10.5. The van der Waals surface area contributed by atoms with Crippen molar-refractivity contribution < 1.29 is 0 Å². The highest BCUT2D eigenvalue weighted by Gasteiger charge is 2.03. The number of hydrogen-bond donors (Lipinski definition) is 1. The average Bonchev–Trinajstić information content (AvgIpc) is 1.88. The molecule has 0 unspecified atom stereocenters. The fourth-order valence-corrected chi connectivity index (χ4v) is 2.08. The molecule has 1 aromatic heterocycles. The van der Waals surface area contributed by atoms with Gasteiger partial charge in [0.15, 0.2) is 0 Å². The molecule has 3 heteroatoms. The molecule has 0 atom stereocenters. The molecule has 2 nitrogen and oxygen atoms in total. The second-order valence-electron chi connectivity index (χ2n) is 2.63. The highest BCUT2D eigenvalue weighted by molar-refractivity contribution is 6.72. The van der Waals surface area contributed by atoms with Crippen LogP contribution in [0.5, 0.6) is 0 Å². The van der Waals surface area contributed by atoms with Crippen LogP contribution in [0.1, 0.15) is 0 Å². The lowest BCUT2D eigenvalue weighted by molar-refractivity contribution is 1.35. The molecule has 0 radical (unpaired) electrons. The maximum Gasteiger partial charge on any atom is 0.122 e. The normalized spacial score (nSPS) is 10.3. The highest BCUT2D eigenvalue weighted by Crippen LogP contribution is 1.93. The Bertz CT molecular complexity index is 223. The van der Waals surface area contributed by atoms with E-state index in [1.54, 1.807) is 6.20 Å². The summed E-state index contributed by atoms with van der Waals surface area (Å²) in [4.78, 5) is 4.01. The summed E-state index contributed by atoms with van der Waals surface area (Å²) in [6.45, 7) is 4.49. The molecule has 10 heavy (non-hydrogen) atoms. The van der Waals surface area contributed by atoms with Crippen LogP contribution in [-0.2, 0) is 0 Å². The van der Waals surface area contributed by atoms with Gasteiger partial charge in [-0.1, -0.05) is 19.2 Å². The third-order valence-corrected chi connectivity index (χ3v) is 3.23. The molecule has 0 aliphatic carbocycles. The summed E-state index contributed by atoms with van der Waals surface area (Å²) in [6.07, 6.45) is 1.73. The van der Waals surface area contributed by atoms with E-state index >= 15 is 0 Å². The molecule has 0 aliphatic rings. The van der Waals surface area contributed by atoms with Gasteiger partial charge in [0, 0.05) is 6.20 Å². The quantitative estimate of drug-likeness (QED) is 0.590. The maximum atomic E-state index is 5.65. The smallest absolute Gasteiger partial charge is 0.122 e. The van der Waals surface area contributed by atoms with Crippen molar-refractivity contribution in [3.8, 4) is 0 Å². The van der Waals surface area contributed by atoms with Crippen molar-refractivity contribution in [2.75, 3.05) is 5.73 Å². The lowest BCUT2D eigenvalue weighted by Gasteiger charge is -2.04. The first-order valence-corrected chi connectivity index (χ1v) is 6.31. The van der Waals surface area contributed by atoms with Gasteiger partial charge in [0.05, 0.1) is 8.80 Å². The van der Waals surface area contributed by atoms with Crippen LogP contribution in [0.25, 0.3) is 0 Å². The van der Waals surface area contributed by atoms with Crippen molar-refractivity contribution in [1.82, 2.24) is 4.98 Å². The minimum absolute atomic E-state index is 0.712. The van der Waals surface area contributed by atoms with Crippen molar-refractivity contribution >= 4 is 19.8 Å². The minimum Gasteiger partial charge on any atom is -0.384 e. The predicted octanol–water partition coefficient (Wildman–Crippen LogP) is 0.358. The zero-order valence-corrected chi connectivity index (χ0v) is 7.49. The number of aromatic nitrogens is 1. The van der Waals surface area contributed by atoms with Crippen LogP contribution in [0.2, 0.25) is 13.1 Å². The molecular weight excluding hydrogens is 140 g/mol. The van der Waals surface area contributed by atoms with E-state index in [1.807, 2.05) is 6.07 Å². The highest BCUT2D eigenvalue weighted by atomic mass is 28.3. The molecule has 1 aromatic rings. The number of nitrogens with zero attached hydrogens (tertiary/aromatic N) is 1. The van der Waals surface area contributed by atoms with Gasteiger partial charge in [-0.05, 0) is 11.3 Å². The van der Waals surface area contributed by atoms with Gasteiger partial charge in [0.25, 0.3) is 0 Å². The number of nitrogens with two attached hydrogens (primary N) is 1. The van der Waals surface area contributed by atoms with Crippen LogP contribution in [0.3, 0.4) is 0 Å². The van der Waals surface area contributed by atoms with E-state index in [0.717, 1.165) is 0 Å². The summed E-state index contributed by atoms with van der Waals surface area (Å²) in [7, 11) is -0.756. The second-order valence-corrected chi connectivity index (χ2v) is 5.56. The van der Waals surface area contributed by atoms with Crippen LogP contribution in [0.4, 0.5) is 5.82 Å². The largest absolute Gasteiger partial charge is 0.384 e. The molecule has 1 rings (SSSR count). The Labute approximate surface area is 62.7 Å². The summed E-state index contributed by atoms with van der Waals surface area (Å²) in [5.74, 6) is 0.712. The number of rotatable bonds is 1. The molecule has 0 bridgehead atoms. The van der Waals surface area contributed by atoms with Crippen LogP contribution in [0.15, 0.2) is 18.3 Å². The monoisotopic (exact) mass is 152 g/mol. The molecule has 0 saturated carbocycles. The topological polar surface area (TPSA) is 38.9 Å². The molecule has 1 heterocycles. The van der Waals surface area contributed by atoms with Crippen molar-refractivity contribution in [2.45, 2.75) is 13.1 Å². The third kappa shape index (κ3) is 1.36. The van der Waals surface area contributed by atoms with Crippen LogP contribution in [0, 0.1) is 0 Å². The van der Waals surface area contributed by atoms with Crippen LogP contribution < -0.4 is 10.9 Å². The van der Waals surface area contributed by atoms with Gasteiger partial charge < -0.3 is 5.73 Å². The fourth-order valence-electron chi connectivity index (χ4n) is 0.918. The summed E-state index contributed by atoms with van der Waals surface area (Å²) in [5, 5.41) is 1.27. The summed E-state index contributed by atoms with van der Waals surface area (Å²) < 4.78 is 0. The van der Waals surface area contributed by atoms with Crippen molar-refractivity contribution in [3.05, 3.63) is 18.3 Å². The zero-order chi connectivity index (χ0) is 7.56. The summed E-state index contributed by atoms with van der Waals surface area (Å²) in [6, 6.07) is 4.01. The Hall–Kier alpha value is -0.833. The van der Waals surface area contributed by atoms with Crippen molar-refractivity contribution in [1.29, 1.82) is 0 Å². The predicted molar refractivity (Wildman–Crippen MR) is 47.2 cm³/mol. The summed E-state index contributed by atoms with van der Waals surface area (Å²) in [5.41, 5.74) is 5.65. The zero-order valence-electron chi connectivity index (χ0n) is 6.33. The van der Waals surface area contributed by atoms with Crippen molar-refractivity contribution in [2.24, 2.45) is 0 Å². The SMILES string of the molecule is C[SiH](C)c1cccnc1N. The lowest BCUT2D eigenvalue weighted by Crippen LogP contribution is -2.26. The number of pyridine rings is 1. The molecule has 2 N–H and O–H groups in total. The average molecular weight is 152 g/mol. The van der Waals surface area contributed by atoms with E-state index in [4.69, 9.17) is 5.73 Å². The molecule has 0 spiro atoms. The minimum atomic E-state index is -0.756.